The second kappa shape index (κ2) is 3.96. The van der Waals surface area contributed by atoms with Crippen molar-refractivity contribution < 1.29 is 4.74 Å². The van der Waals surface area contributed by atoms with Gasteiger partial charge in [-0.25, -0.2) is 4.98 Å². The largest absolute Gasteiger partial charge is 0.473 e. The molecule has 90 valence electrons. The Balaban J connectivity index is 1.78. The summed E-state index contributed by atoms with van der Waals surface area (Å²) in [6, 6.07) is 0. The quantitative estimate of drug-likeness (QED) is 0.847. The number of aromatic nitrogens is 4. The minimum absolute atomic E-state index is 0.200. The summed E-state index contributed by atoms with van der Waals surface area (Å²) >= 11 is 0. The molecular formula is C11H15N5O. The molecule has 1 aliphatic carbocycles. The van der Waals surface area contributed by atoms with Crippen LogP contribution in [0.1, 0.15) is 25.7 Å². The Labute approximate surface area is 98.8 Å². The third-order valence-corrected chi connectivity index (χ3v) is 3.28. The molecule has 0 saturated heterocycles. The zero-order valence-corrected chi connectivity index (χ0v) is 9.54. The van der Waals surface area contributed by atoms with Crippen LogP contribution in [-0.2, 0) is 0 Å². The molecule has 3 rings (SSSR count). The first-order valence-electron chi connectivity index (χ1n) is 5.83. The number of rotatable bonds is 3. The predicted octanol–water partition coefficient (Wildman–Crippen LogP) is 0.775. The zero-order chi connectivity index (χ0) is 11.7. The highest BCUT2D eigenvalue weighted by Crippen LogP contribution is 2.28. The van der Waals surface area contributed by atoms with Gasteiger partial charge >= 0.3 is 0 Å². The van der Waals surface area contributed by atoms with Gasteiger partial charge in [-0.15, -0.1) is 10.2 Å². The number of hydrogen-bond acceptors (Lipinski definition) is 5. The molecule has 2 aromatic rings. The molecule has 1 saturated carbocycles. The molecule has 0 atom stereocenters. The van der Waals surface area contributed by atoms with Crippen LogP contribution in [0.4, 0.5) is 0 Å². The van der Waals surface area contributed by atoms with Crippen molar-refractivity contribution in [3.8, 4) is 5.88 Å². The fraction of sp³-hybridized carbons (Fsp3) is 0.545. The first-order valence-corrected chi connectivity index (χ1v) is 5.83. The SMILES string of the molecule is NC1(COc2nccn3cnnc23)CCCC1. The molecule has 0 aromatic carbocycles. The molecule has 2 aromatic heterocycles. The van der Waals surface area contributed by atoms with E-state index in [0.717, 1.165) is 12.8 Å². The third-order valence-electron chi connectivity index (χ3n) is 3.28. The molecule has 6 heteroatoms. The first-order chi connectivity index (χ1) is 8.27. The van der Waals surface area contributed by atoms with Gasteiger partial charge in [0.1, 0.15) is 12.9 Å². The Morgan fingerprint density at radius 2 is 2.24 bits per heavy atom. The molecule has 0 spiro atoms. The highest BCUT2D eigenvalue weighted by Gasteiger charge is 2.30. The van der Waals surface area contributed by atoms with Crippen LogP contribution in [0.15, 0.2) is 18.7 Å². The predicted molar refractivity (Wildman–Crippen MR) is 61.7 cm³/mol. The van der Waals surface area contributed by atoms with E-state index in [1.165, 1.54) is 12.8 Å². The summed E-state index contributed by atoms with van der Waals surface area (Å²) in [5.74, 6) is 0.502. The van der Waals surface area contributed by atoms with Crippen molar-refractivity contribution in [1.29, 1.82) is 0 Å². The van der Waals surface area contributed by atoms with Crippen molar-refractivity contribution in [2.45, 2.75) is 31.2 Å². The van der Waals surface area contributed by atoms with Crippen LogP contribution in [-0.4, -0.2) is 31.7 Å². The summed E-state index contributed by atoms with van der Waals surface area (Å²) in [5, 5.41) is 7.79. The van der Waals surface area contributed by atoms with Crippen LogP contribution in [0.2, 0.25) is 0 Å². The van der Waals surface area contributed by atoms with Crippen molar-refractivity contribution in [1.82, 2.24) is 19.6 Å². The summed E-state index contributed by atoms with van der Waals surface area (Å²) in [5.41, 5.74) is 6.66. The van der Waals surface area contributed by atoms with E-state index < -0.39 is 0 Å². The highest BCUT2D eigenvalue weighted by atomic mass is 16.5. The van der Waals surface area contributed by atoms with Gasteiger partial charge in [-0.2, -0.15) is 0 Å². The van der Waals surface area contributed by atoms with Crippen molar-refractivity contribution in [2.75, 3.05) is 6.61 Å². The summed E-state index contributed by atoms with van der Waals surface area (Å²) in [7, 11) is 0. The molecule has 0 unspecified atom stereocenters. The molecule has 2 N–H and O–H groups in total. The topological polar surface area (TPSA) is 78.3 Å². The first kappa shape index (κ1) is 10.5. The maximum absolute atomic E-state index is 6.23. The van der Waals surface area contributed by atoms with E-state index in [0.29, 0.717) is 18.1 Å². The minimum atomic E-state index is -0.200. The normalized spacial score (nSPS) is 18.6. The van der Waals surface area contributed by atoms with Crippen molar-refractivity contribution in [3.63, 3.8) is 0 Å². The van der Waals surface area contributed by atoms with Crippen molar-refractivity contribution >= 4 is 5.65 Å². The molecule has 0 aliphatic heterocycles. The van der Waals surface area contributed by atoms with E-state index in [9.17, 15) is 0 Å². The average Bonchev–Trinajstić information content (AvgIpc) is 2.95. The average molecular weight is 233 g/mol. The van der Waals surface area contributed by atoms with E-state index in [4.69, 9.17) is 10.5 Å². The highest BCUT2D eigenvalue weighted by molar-refractivity contribution is 5.47. The number of nitrogens with zero attached hydrogens (tertiary/aromatic N) is 4. The molecule has 0 amide bonds. The Morgan fingerprint density at radius 1 is 1.41 bits per heavy atom. The Kier molecular flexibility index (Phi) is 2.44. The fourth-order valence-corrected chi connectivity index (χ4v) is 2.27. The third kappa shape index (κ3) is 1.95. The Morgan fingerprint density at radius 3 is 3.06 bits per heavy atom. The fourth-order valence-electron chi connectivity index (χ4n) is 2.27. The van der Waals surface area contributed by atoms with Gasteiger partial charge in [0.2, 0.25) is 5.65 Å². The summed E-state index contributed by atoms with van der Waals surface area (Å²) in [4.78, 5) is 4.17. The molecule has 1 fully saturated rings. The van der Waals surface area contributed by atoms with E-state index in [2.05, 4.69) is 15.2 Å². The lowest BCUT2D eigenvalue weighted by Gasteiger charge is -2.22. The Bertz CT molecular complexity index is 517. The maximum atomic E-state index is 6.23. The molecular weight excluding hydrogens is 218 g/mol. The minimum Gasteiger partial charge on any atom is -0.473 e. The van der Waals surface area contributed by atoms with Gasteiger partial charge in [-0.3, -0.25) is 4.40 Å². The van der Waals surface area contributed by atoms with E-state index in [1.807, 2.05) is 0 Å². The summed E-state index contributed by atoms with van der Waals surface area (Å²) < 4.78 is 7.48. The lowest BCUT2D eigenvalue weighted by Crippen LogP contribution is -2.42. The van der Waals surface area contributed by atoms with Gasteiger partial charge in [0.05, 0.1) is 5.54 Å². The van der Waals surface area contributed by atoms with E-state index in [1.54, 1.807) is 23.1 Å². The van der Waals surface area contributed by atoms with Gasteiger partial charge < -0.3 is 10.5 Å². The number of nitrogens with two attached hydrogens (primary N) is 1. The van der Waals surface area contributed by atoms with Crippen LogP contribution in [0, 0.1) is 0 Å². The zero-order valence-electron chi connectivity index (χ0n) is 9.54. The van der Waals surface area contributed by atoms with E-state index >= 15 is 0 Å². The number of ether oxygens (including phenoxy) is 1. The molecule has 2 heterocycles. The van der Waals surface area contributed by atoms with Gasteiger partial charge in [0.15, 0.2) is 0 Å². The standard InChI is InChI=1S/C11H15N5O/c12-11(3-1-2-4-11)7-17-10-9-15-14-8-16(9)6-5-13-10/h5-6,8H,1-4,7,12H2. The smallest absolute Gasteiger partial charge is 0.260 e. The van der Waals surface area contributed by atoms with Crippen LogP contribution in [0.5, 0.6) is 5.88 Å². The van der Waals surface area contributed by atoms with Gasteiger partial charge in [-0.05, 0) is 12.8 Å². The van der Waals surface area contributed by atoms with Gasteiger partial charge in [0.25, 0.3) is 5.88 Å². The lowest BCUT2D eigenvalue weighted by atomic mass is 10.0. The molecule has 17 heavy (non-hydrogen) atoms. The molecule has 0 bridgehead atoms. The number of hydrogen-bond donors (Lipinski definition) is 1. The van der Waals surface area contributed by atoms with Crippen molar-refractivity contribution in [3.05, 3.63) is 18.7 Å². The monoisotopic (exact) mass is 233 g/mol. The van der Waals surface area contributed by atoms with Crippen LogP contribution in [0.3, 0.4) is 0 Å². The van der Waals surface area contributed by atoms with Gasteiger partial charge in [-0.1, -0.05) is 12.8 Å². The Hall–Kier alpha value is -1.69. The summed E-state index contributed by atoms with van der Waals surface area (Å²) in [6.07, 6.45) is 9.48. The van der Waals surface area contributed by atoms with Crippen molar-refractivity contribution in [2.24, 2.45) is 5.73 Å². The van der Waals surface area contributed by atoms with E-state index in [-0.39, 0.29) is 5.54 Å². The molecule has 0 radical (unpaired) electrons. The maximum Gasteiger partial charge on any atom is 0.260 e. The summed E-state index contributed by atoms with van der Waals surface area (Å²) in [6.45, 7) is 0.493. The van der Waals surface area contributed by atoms with Gasteiger partial charge in [0, 0.05) is 12.4 Å². The molecule has 1 aliphatic rings. The molecule has 6 nitrogen and oxygen atoms in total. The van der Waals surface area contributed by atoms with Crippen LogP contribution >= 0.6 is 0 Å². The van der Waals surface area contributed by atoms with Crippen LogP contribution < -0.4 is 10.5 Å². The van der Waals surface area contributed by atoms with Crippen LogP contribution in [0.25, 0.3) is 5.65 Å². The second-order valence-electron chi connectivity index (χ2n) is 4.65. The lowest BCUT2D eigenvalue weighted by molar-refractivity contribution is 0.215. The number of fused-ring (bicyclic) bond motifs is 1. The second-order valence-corrected chi connectivity index (χ2v) is 4.65.